The molecule has 1 heterocycles. The first-order valence-electron chi connectivity index (χ1n) is 7.09. The molecule has 1 unspecified atom stereocenters. The molecule has 2 aromatic rings. The van der Waals surface area contributed by atoms with Crippen molar-refractivity contribution >= 4 is 28.2 Å². The second-order valence-corrected chi connectivity index (χ2v) is 7.04. The largest absolute Gasteiger partial charge is 0.320 e. The highest BCUT2D eigenvalue weighted by Crippen LogP contribution is 2.39. The maximum Gasteiger partial charge on any atom is 0.0525 e. The van der Waals surface area contributed by atoms with Crippen LogP contribution in [0.4, 0.5) is 0 Å². The van der Waals surface area contributed by atoms with E-state index >= 15 is 0 Å². The first-order valence-corrected chi connectivity index (χ1v) is 7.47. The lowest BCUT2D eigenvalue weighted by molar-refractivity contribution is 0.294. The zero-order chi connectivity index (χ0) is 14.3. The molecule has 1 aliphatic carbocycles. The van der Waals surface area contributed by atoms with E-state index in [1.807, 2.05) is 0 Å². The fourth-order valence-electron chi connectivity index (χ4n) is 2.80. The highest BCUT2D eigenvalue weighted by molar-refractivity contribution is 6.31. The van der Waals surface area contributed by atoms with Gasteiger partial charge >= 0.3 is 0 Å². The van der Waals surface area contributed by atoms with Crippen molar-refractivity contribution < 1.29 is 0 Å². The molecule has 3 rings (SSSR count). The lowest BCUT2D eigenvalue weighted by Crippen LogP contribution is -2.21. The summed E-state index contributed by atoms with van der Waals surface area (Å²) in [6.45, 7) is 6.82. The third-order valence-corrected chi connectivity index (χ3v) is 4.35. The quantitative estimate of drug-likeness (QED) is 0.636. The van der Waals surface area contributed by atoms with Gasteiger partial charge in [-0.25, -0.2) is 0 Å². The predicted octanol–water partition coefficient (Wildman–Crippen LogP) is 5.67. The van der Waals surface area contributed by atoms with Crippen LogP contribution in [0.2, 0.25) is 0 Å². The van der Waals surface area contributed by atoms with Gasteiger partial charge in [0, 0.05) is 16.9 Å². The molecule has 0 N–H and O–H groups in total. The standard InChI is InChI=1S/C18H20ClN/c1-18(2,3)14-10-15(19)12-16(11-14)20-9-8-13-6-4-5-7-17(13)20/h4-10,12,14H,11H2,1-3H3. The number of benzene rings is 1. The molecule has 0 aliphatic heterocycles. The highest BCUT2D eigenvalue weighted by Gasteiger charge is 2.27. The van der Waals surface area contributed by atoms with Crippen LogP contribution in [0.1, 0.15) is 27.2 Å². The molecule has 104 valence electrons. The maximum atomic E-state index is 6.35. The molecule has 2 heteroatoms. The van der Waals surface area contributed by atoms with Gasteiger partial charge in [-0.1, -0.05) is 56.6 Å². The van der Waals surface area contributed by atoms with E-state index in [4.69, 9.17) is 11.6 Å². The Labute approximate surface area is 125 Å². The van der Waals surface area contributed by atoms with Gasteiger partial charge in [0.15, 0.2) is 0 Å². The van der Waals surface area contributed by atoms with Gasteiger partial charge in [0.25, 0.3) is 0 Å². The number of allylic oxidation sites excluding steroid dienone is 4. The normalized spacial score (nSPS) is 19.9. The van der Waals surface area contributed by atoms with Gasteiger partial charge in [-0.05, 0) is 41.3 Å². The van der Waals surface area contributed by atoms with Crippen LogP contribution < -0.4 is 0 Å². The molecule has 0 spiro atoms. The zero-order valence-electron chi connectivity index (χ0n) is 12.2. The fraction of sp³-hybridized carbons (Fsp3) is 0.333. The number of nitrogens with zero attached hydrogens (tertiary/aromatic N) is 1. The van der Waals surface area contributed by atoms with Crippen LogP contribution >= 0.6 is 11.6 Å². The highest BCUT2D eigenvalue weighted by atomic mass is 35.5. The molecule has 0 bridgehead atoms. The average Bonchev–Trinajstić information content (AvgIpc) is 2.80. The maximum absolute atomic E-state index is 6.35. The molecule has 0 fully saturated rings. The Morgan fingerprint density at radius 1 is 1.15 bits per heavy atom. The molecule has 20 heavy (non-hydrogen) atoms. The number of rotatable bonds is 1. The van der Waals surface area contributed by atoms with E-state index in [9.17, 15) is 0 Å². The van der Waals surface area contributed by atoms with Gasteiger partial charge in [-0.15, -0.1) is 0 Å². The topological polar surface area (TPSA) is 4.93 Å². The van der Waals surface area contributed by atoms with Crippen molar-refractivity contribution in [3.63, 3.8) is 0 Å². The monoisotopic (exact) mass is 285 g/mol. The average molecular weight is 286 g/mol. The molecule has 1 nitrogen and oxygen atoms in total. The zero-order valence-corrected chi connectivity index (χ0v) is 13.0. The smallest absolute Gasteiger partial charge is 0.0525 e. The van der Waals surface area contributed by atoms with Crippen LogP contribution in [0, 0.1) is 11.3 Å². The number of aromatic nitrogens is 1. The van der Waals surface area contributed by atoms with E-state index < -0.39 is 0 Å². The van der Waals surface area contributed by atoms with E-state index in [-0.39, 0.29) is 5.41 Å². The Morgan fingerprint density at radius 2 is 1.90 bits per heavy atom. The summed E-state index contributed by atoms with van der Waals surface area (Å²) < 4.78 is 2.27. The van der Waals surface area contributed by atoms with Crippen molar-refractivity contribution in [2.45, 2.75) is 27.2 Å². The van der Waals surface area contributed by atoms with Gasteiger partial charge in [-0.3, -0.25) is 0 Å². The number of fused-ring (bicyclic) bond motifs is 1. The number of hydrogen-bond acceptors (Lipinski definition) is 0. The second kappa shape index (κ2) is 4.82. The van der Waals surface area contributed by atoms with Gasteiger partial charge in [0.05, 0.1) is 5.52 Å². The summed E-state index contributed by atoms with van der Waals surface area (Å²) in [5.41, 5.74) is 2.75. The first-order chi connectivity index (χ1) is 9.45. The summed E-state index contributed by atoms with van der Waals surface area (Å²) >= 11 is 6.35. The first kappa shape index (κ1) is 13.5. The third kappa shape index (κ3) is 2.43. The predicted molar refractivity (Wildman–Crippen MR) is 87.7 cm³/mol. The number of para-hydroxylation sites is 1. The molecule has 0 amide bonds. The molecular formula is C18H20ClN. The Balaban J connectivity index is 2.04. The minimum Gasteiger partial charge on any atom is -0.320 e. The van der Waals surface area contributed by atoms with Gasteiger partial charge in [0.2, 0.25) is 0 Å². The van der Waals surface area contributed by atoms with E-state index in [1.54, 1.807) is 0 Å². The molecule has 0 radical (unpaired) electrons. The SMILES string of the molecule is CC(C)(C)C1C=C(Cl)C=C(n2ccc3ccccc32)C1. The minimum atomic E-state index is 0.225. The van der Waals surface area contributed by atoms with E-state index in [0.717, 1.165) is 11.5 Å². The Bertz CT molecular complexity index is 698. The van der Waals surface area contributed by atoms with Crippen LogP contribution in [0.3, 0.4) is 0 Å². The van der Waals surface area contributed by atoms with E-state index in [2.05, 4.69) is 74.0 Å². The summed E-state index contributed by atoms with van der Waals surface area (Å²) in [6.07, 6.45) is 7.46. The summed E-state index contributed by atoms with van der Waals surface area (Å²) in [6, 6.07) is 10.6. The van der Waals surface area contributed by atoms with Crippen molar-refractivity contribution in [3.05, 3.63) is 53.7 Å². The molecular weight excluding hydrogens is 266 g/mol. The van der Waals surface area contributed by atoms with Crippen molar-refractivity contribution in [1.29, 1.82) is 0 Å². The third-order valence-electron chi connectivity index (χ3n) is 4.12. The lowest BCUT2D eigenvalue weighted by Gasteiger charge is -2.32. The van der Waals surface area contributed by atoms with Gasteiger partial charge in [0.1, 0.15) is 0 Å². The fourth-order valence-corrected chi connectivity index (χ4v) is 3.08. The summed E-state index contributed by atoms with van der Waals surface area (Å²) in [7, 11) is 0. The minimum absolute atomic E-state index is 0.225. The van der Waals surface area contributed by atoms with Crippen LogP contribution in [-0.2, 0) is 0 Å². The summed E-state index contributed by atoms with van der Waals surface area (Å²) in [5, 5.41) is 2.12. The van der Waals surface area contributed by atoms with Crippen LogP contribution in [-0.4, -0.2) is 4.57 Å². The molecule has 1 aliphatic rings. The number of hydrogen-bond donors (Lipinski definition) is 0. The Kier molecular flexibility index (Phi) is 3.25. The van der Waals surface area contributed by atoms with Crippen LogP contribution in [0.15, 0.2) is 53.7 Å². The Hall–Kier alpha value is -1.47. The Morgan fingerprint density at radius 3 is 2.65 bits per heavy atom. The molecule has 1 atom stereocenters. The summed E-state index contributed by atoms with van der Waals surface area (Å²) in [5.74, 6) is 0.469. The van der Waals surface area contributed by atoms with Crippen molar-refractivity contribution in [1.82, 2.24) is 4.57 Å². The molecule has 1 aromatic carbocycles. The van der Waals surface area contributed by atoms with Gasteiger partial charge < -0.3 is 4.57 Å². The van der Waals surface area contributed by atoms with Crippen molar-refractivity contribution in [2.24, 2.45) is 11.3 Å². The molecule has 0 saturated heterocycles. The molecule has 1 aromatic heterocycles. The number of halogens is 1. The van der Waals surface area contributed by atoms with Gasteiger partial charge in [-0.2, -0.15) is 0 Å². The van der Waals surface area contributed by atoms with Crippen LogP contribution in [0.5, 0.6) is 0 Å². The van der Waals surface area contributed by atoms with E-state index in [0.29, 0.717) is 5.92 Å². The van der Waals surface area contributed by atoms with Crippen molar-refractivity contribution in [2.75, 3.05) is 0 Å². The summed E-state index contributed by atoms with van der Waals surface area (Å²) in [4.78, 5) is 0. The molecule has 0 saturated carbocycles. The van der Waals surface area contributed by atoms with E-state index in [1.165, 1.54) is 16.6 Å². The second-order valence-electron chi connectivity index (χ2n) is 6.61. The van der Waals surface area contributed by atoms with Crippen LogP contribution in [0.25, 0.3) is 16.6 Å². The van der Waals surface area contributed by atoms with Crippen molar-refractivity contribution in [3.8, 4) is 0 Å². The lowest BCUT2D eigenvalue weighted by atomic mass is 9.76.